The number of nitrogens with zero attached hydrogens (tertiary/aromatic N) is 2. The Morgan fingerprint density at radius 2 is 1.95 bits per heavy atom. The van der Waals surface area contributed by atoms with Crippen LogP contribution in [0.15, 0.2) is 36.4 Å². The van der Waals surface area contributed by atoms with E-state index in [1.165, 1.54) is 0 Å². The van der Waals surface area contributed by atoms with E-state index in [0.717, 1.165) is 5.69 Å². The molecule has 0 aliphatic rings. The van der Waals surface area contributed by atoms with Crippen LogP contribution in [0.5, 0.6) is 5.75 Å². The summed E-state index contributed by atoms with van der Waals surface area (Å²) < 4.78 is 5.26. The topological polar surface area (TPSA) is 76.1 Å². The van der Waals surface area contributed by atoms with Crippen molar-refractivity contribution in [2.75, 3.05) is 19.0 Å². The van der Waals surface area contributed by atoms with Crippen molar-refractivity contribution < 1.29 is 9.53 Å². The SMILES string of the molecule is COc1ccccc1Nc1ccc(C(=O)NCC(C)C)nn1. The molecule has 0 aliphatic heterocycles. The molecule has 0 saturated carbocycles. The van der Waals surface area contributed by atoms with Crippen molar-refractivity contribution in [3.63, 3.8) is 0 Å². The van der Waals surface area contributed by atoms with Crippen LogP contribution in [0.2, 0.25) is 0 Å². The molecule has 0 fully saturated rings. The van der Waals surface area contributed by atoms with Gasteiger partial charge in [-0.25, -0.2) is 0 Å². The molecule has 0 saturated heterocycles. The van der Waals surface area contributed by atoms with E-state index in [4.69, 9.17) is 4.74 Å². The highest BCUT2D eigenvalue weighted by atomic mass is 16.5. The Bertz CT molecular complexity index is 626. The van der Waals surface area contributed by atoms with Crippen LogP contribution < -0.4 is 15.4 Å². The Kier molecular flexibility index (Phi) is 5.30. The lowest BCUT2D eigenvalue weighted by molar-refractivity contribution is 0.0943. The van der Waals surface area contributed by atoms with Crippen LogP contribution >= 0.6 is 0 Å². The summed E-state index contributed by atoms with van der Waals surface area (Å²) in [5, 5.41) is 13.9. The molecule has 6 heteroatoms. The second-order valence-electron chi connectivity index (χ2n) is 5.23. The van der Waals surface area contributed by atoms with Gasteiger partial charge in [-0.15, -0.1) is 10.2 Å². The number of hydrogen-bond donors (Lipinski definition) is 2. The molecule has 0 atom stereocenters. The molecule has 0 aliphatic carbocycles. The van der Waals surface area contributed by atoms with Crippen LogP contribution in [-0.2, 0) is 0 Å². The van der Waals surface area contributed by atoms with Gasteiger partial charge >= 0.3 is 0 Å². The molecular weight excluding hydrogens is 280 g/mol. The van der Waals surface area contributed by atoms with E-state index < -0.39 is 0 Å². The highest BCUT2D eigenvalue weighted by Crippen LogP contribution is 2.25. The average molecular weight is 300 g/mol. The quantitative estimate of drug-likeness (QED) is 0.857. The van der Waals surface area contributed by atoms with Crippen molar-refractivity contribution in [2.24, 2.45) is 5.92 Å². The number of para-hydroxylation sites is 2. The first-order chi connectivity index (χ1) is 10.6. The van der Waals surface area contributed by atoms with E-state index >= 15 is 0 Å². The van der Waals surface area contributed by atoms with Gasteiger partial charge in [0.15, 0.2) is 11.5 Å². The van der Waals surface area contributed by atoms with Crippen LogP contribution in [0.1, 0.15) is 24.3 Å². The van der Waals surface area contributed by atoms with Crippen molar-refractivity contribution in [1.29, 1.82) is 0 Å². The number of rotatable bonds is 6. The lowest BCUT2D eigenvalue weighted by Crippen LogP contribution is -2.28. The van der Waals surface area contributed by atoms with Gasteiger partial charge in [0, 0.05) is 6.54 Å². The number of hydrogen-bond acceptors (Lipinski definition) is 5. The van der Waals surface area contributed by atoms with Crippen molar-refractivity contribution >= 4 is 17.4 Å². The third-order valence-electron chi connectivity index (χ3n) is 2.94. The molecule has 22 heavy (non-hydrogen) atoms. The third kappa shape index (κ3) is 4.18. The van der Waals surface area contributed by atoms with E-state index in [-0.39, 0.29) is 5.91 Å². The van der Waals surface area contributed by atoms with Crippen LogP contribution in [-0.4, -0.2) is 29.8 Å². The van der Waals surface area contributed by atoms with Crippen molar-refractivity contribution in [3.8, 4) is 5.75 Å². The second kappa shape index (κ2) is 7.40. The molecule has 1 amide bonds. The zero-order valence-electron chi connectivity index (χ0n) is 13.0. The smallest absolute Gasteiger partial charge is 0.271 e. The maximum atomic E-state index is 11.9. The molecule has 0 radical (unpaired) electrons. The van der Waals surface area contributed by atoms with Gasteiger partial charge < -0.3 is 15.4 Å². The molecule has 2 aromatic rings. The summed E-state index contributed by atoms with van der Waals surface area (Å²) in [6.07, 6.45) is 0. The van der Waals surface area contributed by atoms with Crippen molar-refractivity contribution in [3.05, 3.63) is 42.1 Å². The minimum Gasteiger partial charge on any atom is -0.495 e. The molecule has 1 aromatic heterocycles. The lowest BCUT2D eigenvalue weighted by atomic mass is 10.2. The largest absolute Gasteiger partial charge is 0.495 e. The first kappa shape index (κ1) is 15.8. The third-order valence-corrected chi connectivity index (χ3v) is 2.94. The Morgan fingerprint density at radius 1 is 1.18 bits per heavy atom. The van der Waals surface area contributed by atoms with E-state index in [9.17, 15) is 4.79 Å². The number of carbonyl (C=O) groups is 1. The molecule has 116 valence electrons. The zero-order chi connectivity index (χ0) is 15.9. The highest BCUT2D eigenvalue weighted by Gasteiger charge is 2.09. The van der Waals surface area contributed by atoms with Gasteiger partial charge in [0.2, 0.25) is 0 Å². The summed E-state index contributed by atoms with van der Waals surface area (Å²) >= 11 is 0. The number of carbonyl (C=O) groups excluding carboxylic acids is 1. The fourth-order valence-corrected chi connectivity index (χ4v) is 1.79. The van der Waals surface area contributed by atoms with E-state index in [2.05, 4.69) is 20.8 Å². The first-order valence-electron chi connectivity index (χ1n) is 7.12. The molecule has 2 N–H and O–H groups in total. The van der Waals surface area contributed by atoms with Gasteiger partial charge in [-0.1, -0.05) is 26.0 Å². The predicted octanol–water partition coefficient (Wildman–Crippen LogP) is 2.61. The Hall–Kier alpha value is -2.63. The number of anilines is 2. The number of ether oxygens (including phenoxy) is 1. The van der Waals surface area contributed by atoms with Crippen LogP contribution in [0, 0.1) is 5.92 Å². The highest BCUT2D eigenvalue weighted by molar-refractivity contribution is 5.92. The first-order valence-corrected chi connectivity index (χ1v) is 7.12. The summed E-state index contributed by atoms with van der Waals surface area (Å²) in [5.74, 6) is 1.43. The zero-order valence-corrected chi connectivity index (χ0v) is 13.0. The minimum atomic E-state index is -0.218. The number of aromatic nitrogens is 2. The number of nitrogens with one attached hydrogen (secondary N) is 2. The summed E-state index contributed by atoms with van der Waals surface area (Å²) in [5.41, 5.74) is 1.09. The Labute approximate surface area is 129 Å². The van der Waals surface area contributed by atoms with E-state index in [0.29, 0.717) is 29.7 Å². The Balaban J connectivity index is 2.04. The second-order valence-corrected chi connectivity index (χ2v) is 5.23. The predicted molar refractivity (Wildman–Crippen MR) is 85.5 cm³/mol. The number of amides is 1. The van der Waals surface area contributed by atoms with Gasteiger partial charge in [0.1, 0.15) is 5.75 Å². The molecular formula is C16H20N4O2. The minimum absolute atomic E-state index is 0.218. The van der Waals surface area contributed by atoms with Crippen molar-refractivity contribution in [2.45, 2.75) is 13.8 Å². The molecule has 0 spiro atoms. The molecule has 0 bridgehead atoms. The normalized spacial score (nSPS) is 10.4. The number of methoxy groups -OCH3 is 1. The van der Waals surface area contributed by atoms with Crippen LogP contribution in [0.4, 0.5) is 11.5 Å². The monoisotopic (exact) mass is 300 g/mol. The lowest BCUT2D eigenvalue weighted by Gasteiger charge is -2.10. The average Bonchev–Trinajstić information content (AvgIpc) is 2.54. The fourth-order valence-electron chi connectivity index (χ4n) is 1.79. The van der Waals surface area contributed by atoms with E-state index in [1.54, 1.807) is 19.2 Å². The van der Waals surface area contributed by atoms with Gasteiger partial charge in [-0.3, -0.25) is 4.79 Å². The number of benzene rings is 1. The van der Waals surface area contributed by atoms with Gasteiger partial charge in [0.25, 0.3) is 5.91 Å². The molecule has 0 unspecified atom stereocenters. The van der Waals surface area contributed by atoms with Gasteiger partial charge in [0.05, 0.1) is 12.8 Å². The summed E-state index contributed by atoms with van der Waals surface area (Å²) in [6, 6.07) is 10.9. The van der Waals surface area contributed by atoms with Gasteiger partial charge in [-0.2, -0.15) is 0 Å². The Morgan fingerprint density at radius 3 is 2.59 bits per heavy atom. The molecule has 2 rings (SSSR count). The molecule has 1 heterocycles. The van der Waals surface area contributed by atoms with E-state index in [1.807, 2.05) is 38.1 Å². The van der Waals surface area contributed by atoms with Crippen LogP contribution in [0.3, 0.4) is 0 Å². The standard InChI is InChI=1S/C16H20N4O2/c1-11(2)10-17-16(21)13-8-9-15(20-19-13)18-12-6-4-5-7-14(12)22-3/h4-9,11H,10H2,1-3H3,(H,17,21)(H,18,20). The van der Waals surface area contributed by atoms with Crippen molar-refractivity contribution in [1.82, 2.24) is 15.5 Å². The molecule has 1 aromatic carbocycles. The molecule has 6 nitrogen and oxygen atoms in total. The van der Waals surface area contributed by atoms with Gasteiger partial charge in [-0.05, 0) is 30.2 Å². The summed E-state index contributed by atoms with van der Waals surface area (Å²) in [4.78, 5) is 11.9. The fraction of sp³-hybridized carbons (Fsp3) is 0.312. The maximum Gasteiger partial charge on any atom is 0.271 e. The summed E-state index contributed by atoms with van der Waals surface area (Å²) in [6.45, 7) is 4.68. The van der Waals surface area contributed by atoms with Crippen LogP contribution in [0.25, 0.3) is 0 Å². The summed E-state index contributed by atoms with van der Waals surface area (Å²) in [7, 11) is 1.61. The maximum absolute atomic E-state index is 11.9.